The van der Waals surface area contributed by atoms with Crippen LogP contribution in [0, 0.1) is 23.2 Å². The second kappa shape index (κ2) is 6.63. The summed E-state index contributed by atoms with van der Waals surface area (Å²) in [6.45, 7) is 2.03. The molecule has 4 nitrogen and oxygen atoms in total. The fourth-order valence-electron chi connectivity index (χ4n) is 6.09. The molecule has 4 bridgehead atoms. The zero-order chi connectivity index (χ0) is 18.6. The molecule has 0 amide bonds. The van der Waals surface area contributed by atoms with E-state index in [0.717, 1.165) is 42.6 Å². The third kappa shape index (κ3) is 3.23. The van der Waals surface area contributed by atoms with Gasteiger partial charge in [-0.2, -0.15) is 0 Å². The lowest BCUT2D eigenvalue weighted by atomic mass is 9.48. The van der Waals surface area contributed by atoms with Crippen LogP contribution in [0.25, 0.3) is 11.4 Å². The number of carbonyl (C=O) groups is 1. The first-order chi connectivity index (χ1) is 13.0. The maximum atomic E-state index is 13.4. The zero-order valence-electron chi connectivity index (χ0n) is 15.5. The van der Waals surface area contributed by atoms with E-state index in [4.69, 9.17) is 11.6 Å². The van der Waals surface area contributed by atoms with Crippen molar-refractivity contribution < 1.29 is 4.79 Å². The van der Waals surface area contributed by atoms with Gasteiger partial charge in [-0.3, -0.25) is 9.89 Å². The highest BCUT2D eigenvalue weighted by molar-refractivity contribution is 8.00. The van der Waals surface area contributed by atoms with Crippen LogP contribution < -0.4 is 0 Å². The molecule has 1 aromatic heterocycles. The van der Waals surface area contributed by atoms with E-state index in [1.807, 2.05) is 31.2 Å². The zero-order valence-corrected chi connectivity index (χ0v) is 17.0. The standard InChI is InChI=1S/C21H24ClN3OS/c1-12(18(26)21-9-13-6-14(10-21)8-15(7-13)11-21)27-20-23-19(24-25-20)16-2-4-17(22)5-3-16/h2-5,12-15H,6-11H2,1H3,(H,23,24,25). The number of nitrogens with one attached hydrogen (secondary N) is 1. The number of rotatable bonds is 5. The monoisotopic (exact) mass is 401 g/mol. The van der Waals surface area contributed by atoms with E-state index < -0.39 is 0 Å². The number of Topliss-reactive ketones (excluding diaryl/α,β-unsaturated/α-hetero) is 1. The van der Waals surface area contributed by atoms with Crippen LogP contribution in [0.2, 0.25) is 5.02 Å². The minimum Gasteiger partial charge on any atom is -0.298 e. The molecule has 2 aromatic rings. The van der Waals surface area contributed by atoms with E-state index in [0.29, 0.717) is 21.8 Å². The van der Waals surface area contributed by atoms with E-state index in [9.17, 15) is 4.79 Å². The Balaban J connectivity index is 1.30. The Hall–Kier alpha value is -1.33. The molecular weight excluding hydrogens is 378 g/mol. The third-order valence-corrected chi connectivity index (χ3v) is 8.01. The maximum absolute atomic E-state index is 13.4. The summed E-state index contributed by atoms with van der Waals surface area (Å²) < 4.78 is 0. The number of benzene rings is 1. The van der Waals surface area contributed by atoms with Gasteiger partial charge in [0, 0.05) is 16.0 Å². The van der Waals surface area contributed by atoms with Gasteiger partial charge in [0.15, 0.2) is 11.6 Å². The molecule has 4 aliphatic carbocycles. The summed E-state index contributed by atoms with van der Waals surface area (Å²) in [5.41, 5.74) is 0.884. The molecule has 142 valence electrons. The van der Waals surface area contributed by atoms with Gasteiger partial charge in [-0.15, -0.1) is 5.10 Å². The molecule has 0 saturated heterocycles. The van der Waals surface area contributed by atoms with Gasteiger partial charge in [0.1, 0.15) is 0 Å². The van der Waals surface area contributed by atoms with Crippen LogP contribution in [-0.2, 0) is 4.79 Å². The molecule has 1 N–H and O–H groups in total. The minimum atomic E-state index is -0.102. The van der Waals surface area contributed by atoms with Crippen LogP contribution in [-0.4, -0.2) is 26.2 Å². The lowest BCUT2D eigenvalue weighted by Crippen LogP contribution is -2.51. The summed E-state index contributed by atoms with van der Waals surface area (Å²) in [6, 6.07) is 7.51. The van der Waals surface area contributed by atoms with Crippen LogP contribution in [0.1, 0.15) is 45.4 Å². The van der Waals surface area contributed by atoms with Crippen LogP contribution in [0.5, 0.6) is 0 Å². The number of halogens is 1. The first kappa shape index (κ1) is 17.7. The average molecular weight is 402 g/mol. The number of thioether (sulfide) groups is 1. The summed E-state index contributed by atoms with van der Waals surface area (Å²) in [4.78, 5) is 18.0. The van der Waals surface area contributed by atoms with E-state index in [2.05, 4.69) is 15.2 Å². The number of hydrogen-bond acceptors (Lipinski definition) is 4. The van der Waals surface area contributed by atoms with Crippen molar-refractivity contribution in [2.24, 2.45) is 23.2 Å². The third-order valence-electron chi connectivity index (χ3n) is 6.79. The van der Waals surface area contributed by atoms with Gasteiger partial charge in [0.2, 0.25) is 5.16 Å². The normalized spacial score (nSPS) is 32.6. The highest BCUT2D eigenvalue weighted by Gasteiger charge is 2.55. The largest absolute Gasteiger partial charge is 0.298 e. The number of ketones is 1. The van der Waals surface area contributed by atoms with E-state index in [1.165, 1.54) is 31.0 Å². The van der Waals surface area contributed by atoms with Crippen molar-refractivity contribution in [1.29, 1.82) is 0 Å². The van der Waals surface area contributed by atoms with Crippen molar-refractivity contribution in [3.63, 3.8) is 0 Å². The molecule has 6 heteroatoms. The summed E-state index contributed by atoms with van der Waals surface area (Å²) >= 11 is 7.44. The van der Waals surface area contributed by atoms with E-state index in [-0.39, 0.29) is 10.7 Å². The van der Waals surface area contributed by atoms with Gasteiger partial charge in [0.25, 0.3) is 0 Å². The van der Waals surface area contributed by atoms with E-state index in [1.54, 1.807) is 0 Å². The number of aromatic nitrogens is 3. The Bertz CT molecular complexity index is 827. The Morgan fingerprint density at radius 2 is 1.74 bits per heavy atom. The summed E-state index contributed by atoms with van der Waals surface area (Å²) in [7, 11) is 0. The van der Waals surface area contributed by atoms with Crippen molar-refractivity contribution >= 4 is 29.1 Å². The molecular formula is C21H24ClN3OS. The molecule has 27 heavy (non-hydrogen) atoms. The number of hydrogen-bond donors (Lipinski definition) is 1. The molecule has 4 saturated carbocycles. The highest BCUT2D eigenvalue weighted by atomic mass is 35.5. The number of nitrogens with zero attached hydrogens (tertiary/aromatic N) is 2. The van der Waals surface area contributed by atoms with Gasteiger partial charge in [-0.1, -0.05) is 23.4 Å². The molecule has 4 fully saturated rings. The summed E-state index contributed by atoms with van der Waals surface area (Å²) in [5, 5.41) is 8.55. The second-order valence-corrected chi connectivity index (χ2v) is 10.5. The molecule has 1 unspecified atom stereocenters. The fourth-order valence-corrected chi connectivity index (χ4v) is 7.13. The quantitative estimate of drug-likeness (QED) is 0.682. The van der Waals surface area contributed by atoms with Gasteiger partial charge in [-0.25, -0.2) is 4.98 Å². The van der Waals surface area contributed by atoms with Gasteiger partial charge in [0.05, 0.1) is 5.25 Å². The lowest BCUT2D eigenvalue weighted by molar-refractivity contribution is -0.142. The smallest absolute Gasteiger partial charge is 0.209 e. The number of aromatic amines is 1. The van der Waals surface area contributed by atoms with Crippen molar-refractivity contribution in [3.05, 3.63) is 29.3 Å². The predicted molar refractivity (Wildman–Crippen MR) is 108 cm³/mol. The Labute approximate surface area is 168 Å². The number of H-pyrrole nitrogens is 1. The second-order valence-electron chi connectivity index (χ2n) is 8.80. The maximum Gasteiger partial charge on any atom is 0.209 e. The van der Waals surface area contributed by atoms with Gasteiger partial charge >= 0.3 is 0 Å². The molecule has 1 aromatic carbocycles. The van der Waals surface area contributed by atoms with Crippen LogP contribution in [0.4, 0.5) is 0 Å². The van der Waals surface area contributed by atoms with Gasteiger partial charge < -0.3 is 0 Å². The first-order valence-corrected chi connectivity index (χ1v) is 11.2. The molecule has 0 radical (unpaired) electrons. The molecule has 0 aliphatic heterocycles. The Kier molecular flexibility index (Phi) is 4.36. The SMILES string of the molecule is CC(Sc1n[nH]c(-c2ccc(Cl)cc2)n1)C(=O)C12CC3CC(CC(C3)C1)C2. The molecule has 0 spiro atoms. The predicted octanol–water partition coefficient (Wildman–Crippen LogP) is 5.39. The summed E-state index contributed by atoms with van der Waals surface area (Å²) in [6.07, 6.45) is 7.44. The van der Waals surface area contributed by atoms with Crippen molar-refractivity contribution in [2.75, 3.05) is 0 Å². The van der Waals surface area contributed by atoms with Crippen molar-refractivity contribution in [3.8, 4) is 11.4 Å². The van der Waals surface area contributed by atoms with Gasteiger partial charge in [-0.05, 0) is 87.5 Å². The van der Waals surface area contributed by atoms with Crippen molar-refractivity contribution in [1.82, 2.24) is 15.2 Å². The highest BCUT2D eigenvalue weighted by Crippen LogP contribution is 2.61. The Morgan fingerprint density at radius 3 is 2.33 bits per heavy atom. The molecule has 6 rings (SSSR count). The summed E-state index contributed by atoms with van der Waals surface area (Å²) in [5.74, 6) is 3.51. The first-order valence-electron chi connectivity index (χ1n) is 9.90. The average Bonchev–Trinajstić information content (AvgIpc) is 3.09. The van der Waals surface area contributed by atoms with Crippen LogP contribution in [0.3, 0.4) is 0 Å². The molecule has 4 aliphatic rings. The lowest BCUT2D eigenvalue weighted by Gasteiger charge is -2.56. The topological polar surface area (TPSA) is 58.6 Å². The van der Waals surface area contributed by atoms with Crippen LogP contribution in [0.15, 0.2) is 29.4 Å². The number of carbonyl (C=O) groups excluding carboxylic acids is 1. The van der Waals surface area contributed by atoms with Crippen molar-refractivity contribution in [2.45, 2.75) is 55.9 Å². The molecule has 1 atom stereocenters. The fraction of sp³-hybridized carbons (Fsp3) is 0.571. The van der Waals surface area contributed by atoms with Crippen LogP contribution >= 0.6 is 23.4 Å². The Morgan fingerprint density at radius 1 is 1.15 bits per heavy atom. The molecule has 1 heterocycles. The van der Waals surface area contributed by atoms with E-state index >= 15 is 0 Å². The minimum absolute atomic E-state index is 0.0590.